The second kappa shape index (κ2) is 10.3. The largest absolute Gasteiger partial charge is 0.450 e. The van der Waals surface area contributed by atoms with Gasteiger partial charge in [-0.3, -0.25) is 0 Å². The van der Waals surface area contributed by atoms with Gasteiger partial charge in [0, 0.05) is 12.6 Å². The smallest absolute Gasteiger partial charge is 0.407 e. The molecule has 6 nitrogen and oxygen atoms in total. The molecule has 4 N–H and O–H groups in total. The summed E-state index contributed by atoms with van der Waals surface area (Å²) in [7, 11) is 1.89. The molecule has 0 saturated carbocycles. The van der Waals surface area contributed by atoms with Gasteiger partial charge in [-0.05, 0) is 19.9 Å². The number of carbonyl (C=O) groups is 1. The van der Waals surface area contributed by atoms with Crippen molar-refractivity contribution in [3.63, 3.8) is 0 Å². The highest BCUT2D eigenvalue weighted by Crippen LogP contribution is 2.01. The Morgan fingerprint density at radius 1 is 1.41 bits per heavy atom. The zero-order valence-corrected chi connectivity index (χ0v) is 10.6. The maximum absolute atomic E-state index is 11.1. The van der Waals surface area contributed by atoms with Gasteiger partial charge in [0.05, 0.1) is 19.3 Å². The number of ether oxygens (including phenoxy) is 1. The number of aliphatic hydroxyl groups is 2. The van der Waals surface area contributed by atoms with Gasteiger partial charge in [0.15, 0.2) is 0 Å². The van der Waals surface area contributed by atoms with E-state index in [2.05, 4.69) is 17.6 Å². The van der Waals surface area contributed by atoms with Crippen LogP contribution in [0, 0.1) is 0 Å². The van der Waals surface area contributed by atoms with Crippen LogP contribution in [0.1, 0.15) is 26.2 Å². The van der Waals surface area contributed by atoms with Gasteiger partial charge in [-0.15, -0.1) is 0 Å². The topological polar surface area (TPSA) is 90.8 Å². The Hall–Kier alpha value is -0.850. The molecule has 0 rings (SSSR count). The molecule has 0 radical (unpaired) electrons. The number of hydrogen-bond acceptors (Lipinski definition) is 5. The Morgan fingerprint density at radius 2 is 2.12 bits per heavy atom. The summed E-state index contributed by atoms with van der Waals surface area (Å²) in [5.41, 5.74) is 0. The summed E-state index contributed by atoms with van der Waals surface area (Å²) in [5, 5.41) is 23.1. The number of hydrogen-bond donors (Lipinski definition) is 4. The fraction of sp³-hybridized carbons (Fsp3) is 0.909. The molecule has 0 saturated heterocycles. The van der Waals surface area contributed by atoms with Gasteiger partial charge in [0.1, 0.15) is 0 Å². The quantitative estimate of drug-likeness (QED) is 0.455. The number of amides is 1. The normalized spacial score (nSPS) is 14.1. The van der Waals surface area contributed by atoms with Crippen molar-refractivity contribution in [3.8, 4) is 0 Å². The lowest BCUT2D eigenvalue weighted by molar-refractivity contribution is 0.0879. The van der Waals surface area contributed by atoms with Crippen molar-refractivity contribution in [2.24, 2.45) is 0 Å². The van der Waals surface area contributed by atoms with E-state index in [-0.39, 0.29) is 13.2 Å². The first-order valence-electron chi connectivity index (χ1n) is 6.00. The zero-order chi connectivity index (χ0) is 13.1. The van der Waals surface area contributed by atoms with Crippen molar-refractivity contribution in [3.05, 3.63) is 0 Å². The summed E-state index contributed by atoms with van der Waals surface area (Å²) in [4.78, 5) is 11.1. The van der Waals surface area contributed by atoms with Gasteiger partial charge in [0.25, 0.3) is 0 Å². The van der Waals surface area contributed by atoms with Crippen LogP contribution in [0.5, 0.6) is 0 Å². The molecule has 2 atom stereocenters. The van der Waals surface area contributed by atoms with Crippen LogP contribution in [0.2, 0.25) is 0 Å². The second-order valence-electron chi connectivity index (χ2n) is 3.92. The first-order chi connectivity index (χ1) is 8.13. The second-order valence-corrected chi connectivity index (χ2v) is 3.92. The van der Waals surface area contributed by atoms with Crippen LogP contribution < -0.4 is 10.6 Å². The molecule has 0 bridgehead atoms. The minimum Gasteiger partial charge on any atom is -0.450 e. The van der Waals surface area contributed by atoms with E-state index in [1.807, 2.05) is 7.05 Å². The number of carbonyl (C=O) groups excluding carboxylic acids is 1. The van der Waals surface area contributed by atoms with Crippen LogP contribution >= 0.6 is 0 Å². The first kappa shape index (κ1) is 16.1. The van der Waals surface area contributed by atoms with Crippen LogP contribution in [0.25, 0.3) is 0 Å². The summed E-state index contributed by atoms with van der Waals surface area (Å²) in [6.45, 7) is 2.07. The molecule has 0 aromatic heterocycles. The molecular formula is C11H24N2O4. The summed E-state index contributed by atoms with van der Waals surface area (Å²) >= 11 is 0. The molecule has 0 heterocycles. The van der Waals surface area contributed by atoms with Gasteiger partial charge in [-0.2, -0.15) is 0 Å². The van der Waals surface area contributed by atoms with Crippen molar-refractivity contribution < 1.29 is 19.7 Å². The van der Waals surface area contributed by atoms with E-state index in [9.17, 15) is 4.79 Å². The maximum atomic E-state index is 11.1. The number of alkyl carbamates (subject to hydrolysis) is 1. The van der Waals surface area contributed by atoms with Crippen LogP contribution in [0.3, 0.4) is 0 Å². The Balaban J connectivity index is 3.56. The molecule has 0 aliphatic heterocycles. The molecule has 1 amide bonds. The molecule has 0 aliphatic carbocycles. The summed E-state index contributed by atoms with van der Waals surface area (Å²) < 4.78 is 4.93. The standard InChI is InChI=1S/C11H24N2O4/c1-3-4-9(12-2)5-6-17-11(16)13-7-10(15)8-14/h9-10,12,14-15H,3-8H2,1-2H3,(H,13,16). The average molecular weight is 248 g/mol. The molecule has 2 unspecified atom stereocenters. The number of aliphatic hydroxyl groups excluding tert-OH is 2. The lowest BCUT2D eigenvalue weighted by atomic mass is 10.1. The summed E-state index contributed by atoms with van der Waals surface area (Å²) in [5.74, 6) is 0. The monoisotopic (exact) mass is 248 g/mol. The third-order valence-corrected chi connectivity index (χ3v) is 2.44. The SMILES string of the molecule is CCCC(CCOC(=O)NCC(O)CO)NC. The zero-order valence-electron chi connectivity index (χ0n) is 10.6. The number of rotatable bonds is 9. The third kappa shape index (κ3) is 8.91. The minimum absolute atomic E-state index is 0.000248. The van der Waals surface area contributed by atoms with E-state index in [1.54, 1.807) is 0 Å². The van der Waals surface area contributed by atoms with Gasteiger partial charge in [0.2, 0.25) is 0 Å². The predicted molar refractivity (Wildman–Crippen MR) is 64.8 cm³/mol. The lowest BCUT2D eigenvalue weighted by Gasteiger charge is -2.15. The van der Waals surface area contributed by atoms with E-state index in [0.29, 0.717) is 12.6 Å². The number of nitrogens with one attached hydrogen (secondary N) is 2. The van der Waals surface area contributed by atoms with E-state index < -0.39 is 12.2 Å². The van der Waals surface area contributed by atoms with E-state index in [0.717, 1.165) is 19.3 Å². The minimum atomic E-state index is -0.937. The Morgan fingerprint density at radius 3 is 2.65 bits per heavy atom. The van der Waals surface area contributed by atoms with Gasteiger partial charge >= 0.3 is 6.09 Å². The summed E-state index contributed by atoms with van der Waals surface area (Å²) in [6.07, 6.45) is 1.39. The molecule has 0 aliphatic rings. The predicted octanol–water partition coefficient (Wildman–Crippen LogP) is -0.156. The van der Waals surface area contributed by atoms with Crippen molar-refractivity contribution in [2.75, 3.05) is 26.8 Å². The maximum Gasteiger partial charge on any atom is 0.407 e. The van der Waals surface area contributed by atoms with Crippen LogP contribution in [0.15, 0.2) is 0 Å². The third-order valence-electron chi connectivity index (χ3n) is 2.44. The van der Waals surface area contributed by atoms with E-state index >= 15 is 0 Å². The van der Waals surface area contributed by atoms with Crippen molar-refractivity contribution in [1.29, 1.82) is 0 Å². The molecule has 102 valence electrons. The lowest BCUT2D eigenvalue weighted by Crippen LogP contribution is -2.35. The van der Waals surface area contributed by atoms with Gasteiger partial charge in [-0.1, -0.05) is 13.3 Å². The fourth-order valence-corrected chi connectivity index (χ4v) is 1.39. The highest BCUT2D eigenvalue weighted by molar-refractivity contribution is 5.67. The molecule has 0 aromatic carbocycles. The molecule has 17 heavy (non-hydrogen) atoms. The highest BCUT2D eigenvalue weighted by atomic mass is 16.5. The van der Waals surface area contributed by atoms with Crippen LogP contribution in [-0.4, -0.2) is 55.3 Å². The van der Waals surface area contributed by atoms with Crippen LogP contribution in [0.4, 0.5) is 4.79 Å². The average Bonchev–Trinajstić information content (AvgIpc) is 2.34. The molecular weight excluding hydrogens is 224 g/mol. The molecule has 0 fully saturated rings. The van der Waals surface area contributed by atoms with Crippen molar-refractivity contribution in [2.45, 2.75) is 38.3 Å². The Bertz CT molecular complexity index is 202. The van der Waals surface area contributed by atoms with Crippen LogP contribution in [-0.2, 0) is 4.74 Å². The fourth-order valence-electron chi connectivity index (χ4n) is 1.39. The molecule has 6 heteroatoms. The van der Waals surface area contributed by atoms with Gasteiger partial charge in [-0.25, -0.2) is 4.79 Å². The van der Waals surface area contributed by atoms with Crippen molar-refractivity contribution >= 4 is 6.09 Å². The van der Waals surface area contributed by atoms with E-state index in [4.69, 9.17) is 14.9 Å². The van der Waals surface area contributed by atoms with Crippen molar-refractivity contribution in [1.82, 2.24) is 10.6 Å². The molecule has 0 spiro atoms. The van der Waals surface area contributed by atoms with E-state index in [1.165, 1.54) is 0 Å². The Labute approximate surface area is 102 Å². The van der Waals surface area contributed by atoms with Gasteiger partial charge < -0.3 is 25.6 Å². The molecule has 0 aromatic rings. The first-order valence-corrected chi connectivity index (χ1v) is 6.00. The highest BCUT2D eigenvalue weighted by Gasteiger charge is 2.08. The summed E-state index contributed by atoms with van der Waals surface area (Å²) in [6, 6.07) is 0.357. The Kier molecular flexibility index (Phi) is 9.80.